The minimum Gasteiger partial charge on any atom is -0.317 e. The van der Waals surface area contributed by atoms with Gasteiger partial charge in [-0.15, -0.1) is 0 Å². The van der Waals surface area contributed by atoms with Gasteiger partial charge in [-0.3, -0.25) is 25.1 Å². The van der Waals surface area contributed by atoms with Gasteiger partial charge in [0.25, 0.3) is 17.5 Å². The highest BCUT2D eigenvalue weighted by Crippen LogP contribution is 2.28. The van der Waals surface area contributed by atoms with Crippen LogP contribution in [0, 0.1) is 15.9 Å². The Bertz CT molecular complexity index is 1220. The molecule has 30 heavy (non-hydrogen) atoms. The Morgan fingerprint density at radius 3 is 2.47 bits per heavy atom. The Morgan fingerprint density at radius 2 is 1.77 bits per heavy atom. The van der Waals surface area contributed by atoms with E-state index in [4.69, 9.17) is 11.6 Å². The van der Waals surface area contributed by atoms with Gasteiger partial charge in [-0.25, -0.2) is 9.40 Å². The van der Waals surface area contributed by atoms with Crippen molar-refractivity contribution in [2.45, 2.75) is 0 Å². The highest BCUT2D eigenvalue weighted by Gasteiger charge is 2.34. The van der Waals surface area contributed by atoms with Gasteiger partial charge in [0, 0.05) is 18.0 Å². The van der Waals surface area contributed by atoms with E-state index in [0.717, 1.165) is 5.01 Å². The molecular weight excluding hydrogens is 415 g/mol. The smallest absolute Gasteiger partial charge is 0.289 e. The Hall–Kier alpha value is -3.98. The molecule has 1 aromatic heterocycles. The molecule has 2 heterocycles. The number of amides is 2. The van der Waals surface area contributed by atoms with Crippen molar-refractivity contribution in [1.82, 2.24) is 9.99 Å². The quantitative estimate of drug-likeness (QED) is 0.298. The van der Waals surface area contributed by atoms with Gasteiger partial charge in [0.1, 0.15) is 16.4 Å². The number of hydrazine groups is 1. The number of nitro groups is 1. The fourth-order valence-electron chi connectivity index (χ4n) is 3.01. The molecule has 1 N–H and O–H groups in total. The highest BCUT2D eigenvalue weighted by atomic mass is 35.5. The molecule has 0 radical (unpaired) electrons. The molecule has 10 heteroatoms. The molecule has 2 amide bonds. The summed E-state index contributed by atoms with van der Waals surface area (Å²) in [4.78, 5) is 35.7. The van der Waals surface area contributed by atoms with E-state index in [1.165, 1.54) is 42.5 Å². The zero-order valence-electron chi connectivity index (χ0n) is 15.1. The van der Waals surface area contributed by atoms with Crippen molar-refractivity contribution in [3.8, 4) is 5.69 Å². The lowest BCUT2D eigenvalue weighted by Gasteiger charge is -2.14. The van der Waals surface area contributed by atoms with E-state index in [1.807, 2.05) is 0 Å². The van der Waals surface area contributed by atoms with E-state index in [1.54, 1.807) is 29.0 Å². The number of nitro benzene ring substituents is 1. The number of carbonyl (C=O) groups is 2. The third-order valence-electron chi connectivity index (χ3n) is 4.45. The SMILES string of the molecule is O=C1NN(c2ccc(F)cc2)C(=O)C1=Cc1cccn1-c1ccc(Cl)c([N+](=O)[O-])c1. The highest BCUT2D eigenvalue weighted by molar-refractivity contribution is 6.32. The Balaban J connectivity index is 1.70. The molecule has 0 unspecified atom stereocenters. The maximum atomic E-state index is 13.1. The van der Waals surface area contributed by atoms with E-state index in [9.17, 15) is 24.1 Å². The average molecular weight is 427 g/mol. The van der Waals surface area contributed by atoms with Gasteiger partial charge >= 0.3 is 0 Å². The van der Waals surface area contributed by atoms with Crippen LogP contribution in [0.5, 0.6) is 0 Å². The van der Waals surface area contributed by atoms with E-state index in [0.29, 0.717) is 17.1 Å². The van der Waals surface area contributed by atoms with Gasteiger partial charge in [-0.05, 0) is 54.6 Å². The van der Waals surface area contributed by atoms with Crippen molar-refractivity contribution in [3.63, 3.8) is 0 Å². The minimum absolute atomic E-state index is 0.00361. The number of nitrogens with zero attached hydrogens (tertiary/aromatic N) is 3. The van der Waals surface area contributed by atoms with Crippen molar-refractivity contribution < 1.29 is 18.9 Å². The summed E-state index contributed by atoms with van der Waals surface area (Å²) in [6.07, 6.45) is 3.01. The van der Waals surface area contributed by atoms with E-state index in [2.05, 4.69) is 5.43 Å². The van der Waals surface area contributed by atoms with E-state index in [-0.39, 0.29) is 16.3 Å². The van der Waals surface area contributed by atoms with E-state index < -0.39 is 22.6 Å². The molecule has 8 nitrogen and oxygen atoms in total. The molecule has 1 fully saturated rings. The second-order valence-corrected chi connectivity index (χ2v) is 6.72. The zero-order chi connectivity index (χ0) is 21.4. The van der Waals surface area contributed by atoms with Gasteiger partial charge in [-0.2, -0.15) is 0 Å². The number of rotatable bonds is 4. The second kappa shape index (κ2) is 7.45. The van der Waals surface area contributed by atoms with Crippen LogP contribution >= 0.6 is 11.6 Å². The first kappa shape index (κ1) is 19.3. The Kier molecular flexibility index (Phi) is 4.80. The van der Waals surface area contributed by atoms with Crippen LogP contribution in [0.1, 0.15) is 5.69 Å². The van der Waals surface area contributed by atoms with Crippen LogP contribution in [0.3, 0.4) is 0 Å². The van der Waals surface area contributed by atoms with Crippen molar-refractivity contribution in [2.75, 3.05) is 5.01 Å². The van der Waals surface area contributed by atoms with Crippen LogP contribution in [0.15, 0.2) is 66.4 Å². The summed E-state index contributed by atoms with van der Waals surface area (Å²) in [5.74, 6) is -1.71. The lowest BCUT2D eigenvalue weighted by Crippen LogP contribution is -2.35. The Labute approximate surface area is 173 Å². The monoisotopic (exact) mass is 426 g/mol. The molecule has 2 aromatic carbocycles. The number of hydrogen-bond donors (Lipinski definition) is 1. The van der Waals surface area contributed by atoms with Gasteiger partial charge < -0.3 is 4.57 Å². The number of benzene rings is 2. The van der Waals surface area contributed by atoms with Crippen molar-refractivity contribution in [3.05, 3.63) is 93.0 Å². The summed E-state index contributed by atoms with van der Waals surface area (Å²) in [6, 6.07) is 12.7. The lowest BCUT2D eigenvalue weighted by atomic mass is 10.2. The molecule has 0 aliphatic carbocycles. The standard InChI is InChI=1S/C20H12ClFN4O4/c21-17-8-7-15(11-18(17)26(29)30)24-9-1-2-14(24)10-16-19(27)23-25(20(16)28)13-5-3-12(22)4-6-13/h1-11H,(H,23,27). The van der Waals surface area contributed by atoms with Crippen LogP contribution in [-0.4, -0.2) is 21.3 Å². The number of anilines is 1. The fourth-order valence-corrected chi connectivity index (χ4v) is 3.20. The molecule has 150 valence electrons. The van der Waals surface area contributed by atoms with Gasteiger partial charge in [-0.1, -0.05) is 11.6 Å². The van der Waals surface area contributed by atoms with Crippen molar-refractivity contribution in [2.24, 2.45) is 0 Å². The number of nitrogens with one attached hydrogen (secondary N) is 1. The first-order valence-electron chi connectivity index (χ1n) is 8.59. The van der Waals surface area contributed by atoms with Crippen LogP contribution in [0.2, 0.25) is 5.02 Å². The fraction of sp³-hybridized carbons (Fsp3) is 0. The zero-order valence-corrected chi connectivity index (χ0v) is 15.8. The number of carbonyl (C=O) groups excluding carboxylic acids is 2. The largest absolute Gasteiger partial charge is 0.317 e. The normalized spacial score (nSPS) is 15.0. The first-order chi connectivity index (χ1) is 14.3. The molecular formula is C20H12ClFN4O4. The molecule has 1 aliphatic heterocycles. The van der Waals surface area contributed by atoms with Crippen LogP contribution < -0.4 is 10.4 Å². The average Bonchev–Trinajstić information content (AvgIpc) is 3.29. The summed E-state index contributed by atoms with van der Waals surface area (Å²) >= 11 is 5.86. The Morgan fingerprint density at radius 1 is 1.07 bits per heavy atom. The number of halogens is 2. The maximum Gasteiger partial charge on any atom is 0.289 e. The van der Waals surface area contributed by atoms with Crippen LogP contribution in [0.25, 0.3) is 11.8 Å². The topological polar surface area (TPSA) is 97.5 Å². The molecule has 0 bridgehead atoms. The summed E-state index contributed by atoms with van der Waals surface area (Å²) in [5.41, 5.74) is 3.22. The van der Waals surface area contributed by atoms with Crippen molar-refractivity contribution in [1.29, 1.82) is 0 Å². The second-order valence-electron chi connectivity index (χ2n) is 6.31. The molecule has 3 aromatic rings. The third-order valence-corrected chi connectivity index (χ3v) is 4.77. The number of hydrogen-bond acceptors (Lipinski definition) is 4. The third kappa shape index (κ3) is 3.42. The molecule has 4 rings (SSSR count). The lowest BCUT2D eigenvalue weighted by molar-refractivity contribution is -0.384. The molecule has 0 saturated carbocycles. The molecule has 1 aliphatic rings. The predicted octanol–water partition coefficient (Wildman–Crippen LogP) is 3.64. The number of aromatic nitrogens is 1. The van der Waals surface area contributed by atoms with Crippen molar-refractivity contribution >= 4 is 40.9 Å². The molecule has 0 atom stereocenters. The minimum atomic E-state index is -0.626. The van der Waals surface area contributed by atoms with Gasteiger partial charge in [0.05, 0.1) is 16.3 Å². The summed E-state index contributed by atoms with van der Waals surface area (Å²) in [5, 5.41) is 12.2. The van der Waals surface area contributed by atoms with Gasteiger partial charge in [0.2, 0.25) is 0 Å². The first-order valence-corrected chi connectivity index (χ1v) is 8.97. The maximum absolute atomic E-state index is 13.1. The summed E-state index contributed by atoms with van der Waals surface area (Å²) in [6.45, 7) is 0. The van der Waals surface area contributed by atoms with E-state index >= 15 is 0 Å². The summed E-state index contributed by atoms with van der Waals surface area (Å²) in [7, 11) is 0. The van der Waals surface area contributed by atoms with Crippen LogP contribution in [-0.2, 0) is 9.59 Å². The van der Waals surface area contributed by atoms with Gasteiger partial charge in [0.15, 0.2) is 0 Å². The van der Waals surface area contributed by atoms with Crippen LogP contribution in [0.4, 0.5) is 15.8 Å². The molecule has 0 spiro atoms. The summed E-state index contributed by atoms with van der Waals surface area (Å²) < 4.78 is 14.7. The predicted molar refractivity (Wildman–Crippen MR) is 107 cm³/mol. The molecule has 1 saturated heterocycles.